The molecule has 0 aliphatic heterocycles. The summed E-state index contributed by atoms with van der Waals surface area (Å²) < 4.78 is 39.7. The van der Waals surface area contributed by atoms with Crippen LogP contribution < -0.4 is 16.4 Å². The van der Waals surface area contributed by atoms with Gasteiger partial charge in [-0.3, -0.25) is 0 Å². The number of hydrogen-bond acceptors (Lipinski definition) is 2. The van der Waals surface area contributed by atoms with Crippen molar-refractivity contribution in [1.82, 2.24) is 5.32 Å². The van der Waals surface area contributed by atoms with E-state index in [4.69, 9.17) is 18.0 Å². The predicted molar refractivity (Wildman–Crippen MR) is 93.4 cm³/mol. The third-order valence-corrected chi connectivity index (χ3v) is 3.62. The zero-order valence-corrected chi connectivity index (χ0v) is 13.9. The van der Waals surface area contributed by atoms with Gasteiger partial charge in [-0.25, -0.2) is 13.2 Å². The van der Waals surface area contributed by atoms with Crippen LogP contribution in [-0.2, 0) is 6.42 Å². The quantitative estimate of drug-likeness (QED) is 0.570. The zero-order chi connectivity index (χ0) is 17.7. The van der Waals surface area contributed by atoms with Crippen LogP contribution in [0.3, 0.4) is 0 Å². The van der Waals surface area contributed by atoms with Crippen LogP contribution in [0.4, 0.5) is 18.9 Å². The lowest BCUT2D eigenvalue weighted by Crippen LogP contribution is -2.40. The molecule has 0 aromatic heterocycles. The summed E-state index contributed by atoms with van der Waals surface area (Å²) in [6.45, 7) is 2.23. The Hall–Kier alpha value is -2.12. The molecule has 0 saturated heterocycles. The molecule has 0 fully saturated rings. The number of anilines is 1. The van der Waals surface area contributed by atoms with Crippen LogP contribution in [0, 0.1) is 24.4 Å². The maximum absolute atomic E-state index is 13.6. The van der Waals surface area contributed by atoms with E-state index in [-0.39, 0.29) is 18.5 Å². The second kappa shape index (κ2) is 8.12. The maximum Gasteiger partial charge on any atom is 0.170 e. The molecule has 4 N–H and O–H groups in total. The summed E-state index contributed by atoms with van der Waals surface area (Å²) in [5.41, 5.74) is 7.86. The Morgan fingerprint density at radius 1 is 1.12 bits per heavy atom. The third kappa shape index (κ3) is 5.21. The molecule has 2 aromatic rings. The van der Waals surface area contributed by atoms with Gasteiger partial charge in [0, 0.05) is 24.3 Å². The number of rotatable bonds is 5. The van der Waals surface area contributed by atoms with Crippen LogP contribution in [0.2, 0.25) is 0 Å². The van der Waals surface area contributed by atoms with E-state index in [1.807, 2.05) is 31.2 Å². The van der Waals surface area contributed by atoms with Gasteiger partial charge in [0.05, 0.1) is 0 Å². The minimum atomic E-state index is -1.22. The fraction of sp³-hybridized carbons (Fsp3) is 0.235. The predicted octanol–water partition coefficient (Wildman–Crippen LogP) is 3.27. The number of hydrogen-bond donors (Lipinski definition) is 3. The minimum Gasteiger partial charge on any atom is -0.361 e. The first-order chi connectivity index (χ1) is 11.3. The topological polar surface area (TPSA) is 50.1 Å². The standard InChI is InChI=1S/C17H18F3N3S/c1-10-3-2-4-13(5-10)23-17(24)22-9-12(21)6-11-7-15(19)16(20)8-14(11)18/h2-5,7-8,12H,6,9,21H2,1H3,(H2,22,23,24)/t12-/m0/s1. The van der Waals surface area contributed by atoms with E-state index in [2.05, 4.69) is 10.6 Å². The van der Waals surface area contributed by atoms with Crippen molar-refractivity contribution in [2.24, 2.45) is 5.73 Å². The first-order valence-electron chi connectivity index (χ1n) is 7.35. The molecule has 128 valence electrons. The molecule has 0 bridgehead atoms. The zero-order valence-electron chi connectivity index (χ0n) is 13.1. The van der Waals surface area contributed by atoms with Crippen molar-refractivity contribution in [3.63, 3.8) is 0 Å². The number of aryl methyl sites for hydroxylation is 1. The molecule has 24 heavy (non-hydrogen) atoms. The Morgan fingerprint density at radius 2 is 1.83 bits per heavy atom. The van der Waals surface area contributed by atoms with Crippen molar-refractivity contribution in [2.45, 2.75) is 19.4 Å². The minimum absolute atomic E-state index is 0.0285. The van der Waals surface area contributed by atoms with Crippen LogP contribution in [0.5, 0.6) is 0 Å². The molecule has 2 aromatic carbocycles. The fourth-order valence-corrected chi connectivity index (χ4v) is 2.40. The monoisotopic (exact) mass is 353 g/mol. The highest BCUT2D eigenvalue weighted by Crippen LogP contribution is 2.15. The summed E-state index contributed by atoms with van der Waals surface area (Å²) in [6, 6.07) is 8.51. The van der Waals surface area contributed by atoms with E-state index in [0.29, 0.717) is 11.2 Å². The van der Waals surface area contributed by atoms with Gasteiger partial charge in [-0.2, -0.15) is 0 Å². The molecule has 0 heterocycles. The molecule has 0 amide bonds. The molecular weight excluding hydrogens is 335 g/mol. The molecule has 0 unspecified atom stereocenters. The summed E-state index contributed by atoms with van der Waals surface area (Å²) in [5, 5.41) is 6.31. The average molecular weight is 353 g/mol. The highest BCUT2D eigenvalue weighted by Gasteiger charge is 2.13. The summed E-state index contributed by atoms with van der Waals surface area (Å²) in [5.74, 6) is -3.13. The van der Waals surface area contributed by atoms with Gasteiger partial charge in [-0.15, -0.1) is 0 Å². The van der Waals surface area contributed by atoms with Gasteiger partial charge >= 0.3 is 0 Å². The molecular formula is C17H18F3N3S. The number of halogens is 3. The van der Waals surface area contributed by atoms with Gasteiger partial charge in [0.25, 0.3) is 0 Å². The lowest BCUT2D eigenvalue weighted by molar-refractivity contribution is 0.486. The summed E-state index contributed by atoms with van der Waals surface area (Å²) in [6.07, 6.45) is 0.0586. The second-order valence-corrected chi connectivity index (χ2v) is 5.93. The molecule has 1 atom stereocenters. The van der Waals surface area contributed by atoms with E-state index in [0.717, 1.165) is 17.3 Å². The number of nitrogens with one attached hydrogen (secondary N) is 2. The third-order valence-electron chi connectivity index (χ3n) is 3.37. The number of thiocarbonyl (C=S) groups is 1. The molecule has 7 heteroatoms. The van der Waals surface area contributed by atoms with Crippen LogP contribution in [-0.4, -0.2) is 17.7 Å². The average Bonchev–Trinajstić information content (AvgIpc) is 2.51. The Kier molecular flexibility index (Phi) is 6.16. The lowest BCUT2D eigenvalue weighted by atomic mass is 10.1. The normalized spacial score (nSPS) is 11.9. The Labute approximate surface area is 144 Å². The van der Waals surface area contributed by atoms with Crippen molar-refractivity contribution in [1.29, 1.82) is 0 Å². The van der Waals surface area contributed by atoms with Gasteiger partial charge in [0.15, 0.2) is 16.7 Å². The Morgan fingerprint density at radius 3 is 2.54 bits per heavy atom. The summed E-state index contributed by atoms with van der Waals surface area (Å²) in [4.78, 5) is 0. The molecule has 3 nitrogen and oxygen atoms in total. The van der Waals surface area contributed by atoms with E-state index >= 15 is 0 Å². The van der Waals surface area contributed by atoms with Crippen LogP contribution in [0.25, 0.3) is 0 Å². The van der Waals surface area contributed by atoms with Crippen molar-refractivity contribution in [3.05, 3.63) is 65.0 Å². The number of benzene rings is 2. The molecule has 2 rings (SSSR count). The highest BCUT2D eigenvalue weighted by molar-refractivity contribution is 7.80. The molecule has 0 radical (unpaired) electrons. The lowest BCUT2D eigenvalue weighted by Gasteiger charge is -2.16. The first kappa shape index (κ1) is 18.2. The molecule has 0 aliphatic carbocycles. The Balaban J connectivity index is 1.85. The second-order valence-electron chi connectivity index (χ2n) is 5.53. The maximum atomic E-state index is 13.6. The SMILES string of the molecule is Cc1cccc(NC(=S)NC[C@@H](N)Cc2cc(F)c(F)cc2F)c1. The fourth-order valence-electron chi connectivity index (χ4n) is 2.20. The van der Waals surface area contributed by atoms with Gasteiger partial charge in [-0.1, -0.05) is 12.1 Å². The highest BCUT2D eigenvalue weighted by atomic mass is 32.1. The smallest absolute Gasteiger partial charge is 0.170 e. The van der Waals surface area contributed by atoms with Crippen LogP contribution in [0.1, 0.15) is 11.1 Å². The van der Waals surface area contributed by atoms with Crippen LogP contribution in [0.15, 0.2) is 36.4 Å². The van der Waals surface area contributed by atoms with Crippen molar-refractivity contribution in [3.8, 4) is 0 Å². The first-order valence-corrected chi connectivity index (χ1v) is 7.76. The van der Waals surface area contributed by atoms with Crippen molar-refractivity contribution in [2.75, 3.05) is 11.9 Å². The largest absolute Gasteiger partial charge is 0.361 e. The van der Waals surface area contributed by atoms with Crippen LogP contribution >= 0.6 is 12.2 Å². The van der Waals surface area contributed by atoms with Gasteiger partial charge < -0.3 is 16.4 Å². The van der Waals surface area contributed by atoms with E-state index in [1.165, 1.54) is 0 Å². The molecule has 0 spiro atoms. The van der Waals surface area contributed by atoms with Crippen molar-refractivity contribution >= 4 is 23.0 Å². The van der Waals surface area contributed by atoms with Gasteiger partial charge in [0.2, 0.25) is 0 Å². The summed E-state index contributed by atoms with van der Waals surface area (Å²) in [7, 11) is 0. The summed E-state index contributed by atoms with van der Waals surface area (Å²) >= 11 is 5.16. The molecule has 0 aliphatic rings. The molecule has 0 saturated carbocycles. The number of nitrogens with two attached hydrogens (primary N) is 1. The Bertz CT molecular complexity index is 737. The van der Waals surface area contributed by atoms with E-state index in [9.17, 15) is 13.2 Å². The van der Waals surface area contributed by atoms with Crippen molar-refractivity contribution < 1.29 is 13.2 Å². The van der Waals surface area contributed by atoms with Gasteiger partial charge in [-0.05, 0) is 54.9 Å². The van der Waals surface area contributed by atoms with E-state index < -0.39 is 23.5 Å². The van der Waals surface area contributed by atoms with E-state index in [1.54, 1.807) is 0 Å². The van der Waals surface area contributed by atoms with Gasteiger partial charge in [0.1, 0.15) is 5.82 Å².